The SMILES string of the molecule is Cc1noc(CSc2ccccc2C(=O)NCc2ccc(S(=O)(=O)N(C)C(C)C)cc2)n1. The lowest BCUT2D eigenvalue weighted by molar-refractivity contribution is 0.0948. The molecule has 0 spiro atoms. The minimum Gasteiger partial charge on any atom is -0.348 e. The van der Waals surface area contributed by atoms with Gasteiger partial charge in [-0.15, -0.1) is 11.8 Å². The van der Waals surface area contributed by atoms with Crippen LogP contribution < -0.4 is 5.32 Å². The Morgan fingerprint density at radius 3 is 2.47 bits per heavy atom. The van der Waals surface area contributed by atoms with Gasteiger partial charge in [-0.05, 0) is 50.6 Å². The van der Waals surface area contributed by atoms with E-state index in [2.05, 4.69) is 15.5 Å². The number of hydrogen-bond donors (Lipinski definition) is 1. The number of nitrogens with one attached hydrogen (secondary N) is 1. The van der Waals surface area contributed by atoms with Crippen molar-refractivity contribution in [1.29, 1.82) is 0 Å². The third-order valence-corrected chi connectivity index (χ3v) is 7.94. The van der Waals surface area contributed by atoms with Crippen LogP contribution in [0, 0.1) is 6.92 Å². The molecule has 0 bridgehead atoms. The first-order valence-electron chi connectivity index (χ1n) is 10.0. The fourth-order valence-electron chi connectivity index (χ4n) is 2.82. The second-order valence-electron chi connectivity index (χ2n) is 7.46. The maximum atomic E-state index is 12.8. The highest BCUT2D eigenvalue weighted by atomic mass is 32.2. The molecule has 3 aromatic rings. The molecule has 0 saturated carbocycles. The summed E-state index contributed by atoms with van der Waals surface area (Å²) in [5.41, 5.74) is 1.35. The summed E-state index contributed by atoms with van der Waals surface area (Å²) in [7, 11) is -1.98. The van der Waals surface area contributed by atoms with E-state index in [4.69, 9.17) is 4.52 Å². The van der Waals surface area contributed by atoms with Gasteiger partial charge < -0.3 is 9.84 Å². The van der Waals surface area contributed by atoms with Crippen molar-refractivity contribution >= 4 is 27.7 Å². The van der Waals surface area contributed by atoms with Crippen molar-refractivity contribution in [3.63, 3.8) is 0 Å². The Bertz CT molecular complexity index is 1170. The summed E-state index contributed by atoms with van der Waals surface area (Å²) in [5.74, 6) is 1.32. The minimum absolute atomic E-state index is 0.138. The van der Waals surface area contributed by atoms with E-state index in [1.807, 2.05) is 26.0 Å². The Balaban J connectivity index is 1.63. The maximum absolute atomic E-state index is 12.8. The molecular formula is C22H26N4O4S2. The van der Waals surface area contributed by atoms with E-state index >= 15 is 0 Å². The second-order valence-corrected chi connectivity index (χ2v) is 10.5. The van der Waals surface area contributed by atoms with Crippen molar-refractivity contribution < 1.29 is 17.7 Å². The van der Waals surface area contributed by atoms with Crippen LogP contribution in [-0.4, -0.2) is 41.9 Å². The molecule has 1 N–H and O–H groups in total. The van der Waals surface area contributed by atoms with E-state index in [1.165, 1.54) is 16.1 Å². The fraction of sp³-hybridized carbons (Fsp3) is 0.318. The first-order valence-corrected chi connectivity index (χ1v) is 12.5. The van der Waals surface area contributed by atoms with Crippen LogP contribution in [0.15, 0.2) is 62.8 Å². The van der Waals surface area contributed by atoms with Crippen LogP contribution in [0.1, 0.15) is 41.5 Å². The average Bonchev–Trinajstić information content (AvgIpc) is 3.21. The van der Waals surface area contributed by atoms with Crippen molar-refractivity contribution in [1.82, 2.24) is 19.8 Å². The Labute approximate surface area is 192 Å². The Hall–Kier alpha value is -2.69. The van der Waals surface area contributed by atoms with E-state index in [-0.39, 0.29) is 23.4 Å². The van der Waals surface area contributed by atoms with Crippen LogP contribution in [0.5, 0.6) is 0 Å². The predicted octanol–water partition coefficient (Wildman–Crippen LogP) is 3.63. The molecule has 2 aromatic carbocycles. The van der Waals surface area contributed by atoms with Crippen molar-refractivity contribution in [3.05, 3.63) is 71.4 Å². The first-order chi connectivity index (χ1) is 15.2. The van der Waals surface area contributed by atoms with Crippen molar-refractivity contribution in [2.45, 2.75) is 48.9 Å². The van der Waals surface area contributed by atoms with Crippen molar-refractivity contribution in [2.75, 3.05) is 7.05 Å². The maximum Gasteiger partial charge on any atom is 0.252 e. The smallest absolute Gasteiger partial charge is 0.252 e. The number of carbonyl (C=O) groups is 1. The number of hydrogen-bond acceptors (Lipinski definition) is 7. The molecule has 1 amide bonds. The summed E-state index contributed by atoms with van der Waals surface area (Å²) in [4.78, 5) is 18.0. The molecule has 0 aliphatic rings. The summed E-state index contributed by atoms with van der Waals surface area (Å²) >= 11 is 1.44. The second kappa shape index (κ2) is 10.3. The fourth-order valence-corrected chi connectivity index (χ4v) is 5.07. The van der Waals surface area contributed by atoms with Gasteiger partial charge in [-0.25, -0.2) is 8.42 Å². The summed E-state index contributed by atoms with van der Waals surface area (Å²) in [6, 6.07) is 13.7. The quantitative estimate of drug-likeness (QED) is 0.472. The van der Waals surface area contributed by atoms with Gasteiger partial charge in [0.1, 0.15) is 0 Å². The molecule has 1 heterocycles. The average molecular weight is 475 g/mol. The molecule has 0 fully saturated rings. The molecular weight excluding hydrogens is 448 g/mol. The van der Waals surface area contributed by atoms with Gasteiger partial charge in [0.15, 0.2) is 5.82 Å². The third-order valence-electron chi connectivity index (χ3n) is 4.83. The van der Waals surface area contributed by atoms with E-state index in [9.17, 15) is 13.2 Å². The van der Waals surface area contributed by atoms with E-state index in [1.54, 1.807) is 50.4 Å². The number of benzene rings is 2. The molecule has 8 nitrogen and oxygen atoms in total. The van der Waals surface area contributed by atoms with Gasteiger partial charge >= 0.3 is 0 Å². The molecule has 1 aromatic heterocycles. The van der Waals surface area contributed by atoms with E-state index in [0.29, 0.717) is 23.0 Å². The zero-order chi connectivity index (χ0) is 23.3. The van der Waals surface area contributed by atoms with Crippen LogP contribution >= 0.6 is 11.8 Å². The zero-order valence-electron chi connectivity index (χ0n) is 18.4. The zero-order valence-corrected chi connectivity index (χ0v) is 20.0. The molecule has 10 heteroatoms. The van der Waals surface area contributed by atoms with Gasteiger partial charge in [0, 0.05) is 24.5 Å². The lowest BCUT2D eigenvalue weighted by atomic mass is 10.2. The number of nitrogens with zero attached hydrogens (tertiary/aromatic N) is 3. The van der Waals surface area contributed by atoms with Gasteiger partial charge in [0.25, 0.3) is 5.91 Å². The lowest BCUT2D eigenvalue weighted by Gasteiger charge is -2.21. The van der Waals surface area contributed by atoms with Crippen molar-refractivity contribution in [2.24, 2.45) is 0 Å². The Morgan fingerprint density at radius 2 is 1.84 bits per heavy atom. The number of aromatic nitrogens is 2. The van der Waals surface area contributed by atoms with Gasteiger partial charge in [-0.2, -0.15) is 9.29 Å². The van der Waals surface area contributed by atoms with Gasteiger partial charge in [-0.1, -0.05) is 29.4 Å². The van der Waals surface area contributed by atoms with Crippen LogP contribution in [0.4, 0.5) is 0 Å². The van der Waals surface area contributed by atoms with Crippen LogP contribution in [0.2, 0.25) is 0 Å². The minimum atomic E-state index is -3.54. The van der Waals surface area contributed by atoms with E-state index in [0.717, 1.165) is 10.5 Å². The first kappa shape index (κ1) is 24.0. The largest absolute Gasteiger partial charge is 0.348 e. The molecule has 0 aliphatic carbocycles. The third kappa shape index (κ3) is 5.76. The number of aryl methyl sites for hydroxylation is 1. The number of amides is 1. The Morgan fingerprint density at radius 1 is 1.16 bits per heavy atom. The lowest BCUT2D eigenvalue weighted by Crippen LogP contribution is -2.33. The Kier molecular flexibility index (Phi) is 7.70. The highest BCUT2D eigenvalue weighted by Gasteiger charge is 2.22. The monoisotopic (exact) mass is 474 g/mol. The topological polar surface area (TPSA) is 105 Å². The van der Waals surface area contributed by atoms with Gasteiger partial charge in [-0.3, -0.25) is 4.79 Å². The number of carbonyl (C=O) groups excluding carboxylic acids is 1. The summed E-state index contributed by atoms with van der Waals surface area (Å²) in [6.45, 7) is 5.67. The van der Waals surface area contributed by atoms with Gasteiger partial charge in [0.05, 0.1) is 16.2 Å². The predicted molar refractivity (Wildman–Crippen MR) is 123 cm³/mol. The normalized spacial score (nSPS) is 11.8. The van der Waals surface area contributed by atoms with Crippen LogP contribution in [0.25, 0.3) is 0 Å². The molecule has 0 radical (unpaired) electrons. The molecule has 0 unspecified atom stereocenters. The molecule has 3 rings (SSSR count). The standard InChI is InChI=1S/C22H26N4O4S2/c1-15(2)26(4)32(28,29)18-11-9-17(10-12-18)13-23-22(27)19-7-5-6-8-20(19)31-14-21-24-16(3)25-30-21/h5-12,15H,13-14H2,1-4H3,(H,23,27). The highest BCUT2D eigenvalue weighted by Crippen LogP contribution is 2.26. The van der Waals surface area contributed by atoms with Gasteiger partial charge in [0.2, 0.25) is 15.9 Å². The molecule has 0 aliphatic heterocycles. The van der Waals surface area contributed by atoms with Crippen LogP contribution in [0.3, 0.4) is 0 Å². The highest BCUT2D eigenvalue weighted by molar-refractivity contribution is 7.98. The summed E-state index contributed by atoms with van der Waals surface area (Å²) in [5, 5.41) is 6.66. The molecule has 170 valence electrons. The molecule has 0 saturated heterocycles. The number of thioether (sulfide) groups is 1. The van der Waals surface area contributed by atoms with E-state index < -0.39 is 10.0 Å². The number of sulfonamides is 1. The van der Waals surface area contributed by atoms with Crippen molar-refractivity contribution in [3.8, 4) is 0 Å². The van der Waals surface area contributed by atoms with Crippen LogP contribution in [-0.2, 0) is 22.3 Å². The summed E-state index contributed by atoms with van der Waals surface area (Å²) < 4.78 is 31.6. The summed E-state index contributed by atoms with van der Waals surface area (Å²) in [6.07, 6.45) is 0. The number of rotatable bonds is 9. The molecule has 32 heavy (non-hydrogen) atoms. The molecule has 0 atom stereocenters.